The first-order valence-electron chi connectivity index (χ1n) is 12.1. The van der Waals surface area contributed by atoms with E-state index >= 15 is 0 Å². The highest BCUT2D eigenvalue weighted by atomic mass is 35.5. The number of hydrogen-bond acceptors (Lipinski definition) is 5. The lowest BCUT2D eigenvalue weighted by Crippen LogP contribution is -2.56. The summed E-state index contributed by atoms with van der Waals surface area (Å²) in [5.74, 6) is -3.06. The van der Waals surface area contributed by atoms with Crippen LogP contribution in [-0.4, -0.2) is 34.8 Å². The van der Waals surface area contributed by atoms with Crippen molar-refractivity contribution in [1.82, 2.24) is 15.6 Å². The lowest BCUT2D eigenvalue weighted by atomic mass is 9.87. The fraction of sp³-hybridized carbons (Fsp3) is 0.560. The number of nitrogens with one attached hydrogen (secondary N) is 3. The monoisotopic (exact) mass is 524 g/mol. The lowest BCUT2D eigenvalue weighted by molar-refractivity contribution is -0.131. The van der Waals surface area contributed by atoms with Gasteiger partial charge in [0.25, 0.3) is 11.8 Å². The molecule has 2 saturated carbocycles. The van der Waals surface area contributed by atoms with Gasteiger partial charge in [-0.15, -0.1) is 11.3 Å². The number of carbonyl (C=O) groups excluding carboxylic acids is 2. The van der Waals surface area contributed by atoms with Crippen LogP contribution in [0.25, 0.3) is 0 Å². The summed E-state index contributed by atoms with van der Waals surface area (Å²) in [5, 5.41) is 9.49. The van der Waals surface area contributed by atoms with Crippen molar-refractivity contribution in [3.05, 3.63) is 44.9 Å². The quantitative estimate of drug-likeness (QED) is 0.383. The Bertz CT molecular complexity index is 1070. The van der Waals surface area contributed by atoms with E-state index in [1.165, 1.54) is 11.3 Å². The molecule has 2 atom stereocenters. The summed E-state index contributed by atoms with van der Waals surface area (Å²) in [5.41, 5.74) is 1.64. The van der Waals surface area contributed by atoms with Gasteiger partial charge in [0.05, 0.1) is 27.3 Å². The Morgan fingerprint density at radius 1 is 1.26 bits per heavy atom. The summed E-state index contributed by atoms with van der Waals surface area (Å²) in [6, 6.07) is 4.08. The molecule has 4 rings (SSSR count). The second-order valence-electron chi connectivity index (χ2n) is 9.74. The van der Waals surface area contributed by atoms with E-state index in [4.69, 9.17) is 11.6 Å². The fourth-order valence-electron chi connectivity index (χ4n) is 4.77. The molecule has 2 unspecified atom stereocenters. The van der Waals surface area contributed by atoms with Crippen molar-refractivity contribution in [3.63, 3.8) is 0 Å². The molecule has 0 radical (unpaired) electrons. The standard InChI is InChI=1S/C25H31ClF2N4O2S/c1-14-19(10-17(26)13-29-14)30-15(2)21-7-8-22(35-21)24(34)32-20(9-16-5-3-4-6-16)23(33)31-18-11-25(27,28)12-18/h7-8,10,13,15-16,18,20,30H,3-6,9,11-12H2,1-2H3,(H,31,33)(H,32,34). The Kier molecular flexibility index (Phi) is 7.96. The van der Waals surface area contributed by atoms with Crippen molar-refractivity contribution in [2.45, 2.75) is 82.8 Å². The molecule has 2 aromatic heterocycles. The second-order valence-corrected chi connectivity index (χ2v) is 11.3. The third kappa shape index (κ3) is 6.70. The van der Waals surface area contributed by atoms with Crippen LogP contribution in [0.1, 0.15) is 78.2 Å². The Hall–Kier alpha value is -2.26. The number of halogens is 3. The molecule has 3 N–H and O–H groups in total. The van der Waals surface area contributed by atoms with Crippen LogP contribution in [-0.2, 0) is 4.79 Å². The molecule has 2 amide bonds. The first kappa shape index (κ1) is 25.8. The number of aromatic nitrogens is 1. The van der Waals surface area contributed by atoms with Crippen molar-refractivity contribution in [2.75, 3.05) is 5.32 Å². The highest BCUT2D eigenvalue weighted by Gasteiger charge is 2.46. The summed E-state index contributed by atoms with van der Waals surface area (Å²) in [7, 11) is 0. The van der Waals surface area contributed by atoms with Crippen LogP contribution in [0.3, 0.4) is 0 Å². The van der Waals surface area contributed by atoms with E-state index in [1.54, 1.807) is 12.3 Å². The highest BCUT2D eigenvalue weighted by Crippen LogP contribution is 2.37. The third-order valence-electron chi connectivity index (χ3n) is 6.80. The van der Waals surface area contributed by atoms with Gasteiger partial charge in [-0.25, -0.2) is 8.78 Å². The van der Waals surface area contributed by atoms with Crippen molar-refractivity contribution in [2.24, 2.45) is 5.92 Å². The SMILES string of the molecule is Cc1ncc(Cl)cc1NC(C)c1ccc(C(=O)NC(CC2CCCC2)C(=O)NC2CC(F)(F)C2)s1. The van der Waals surface area contributed by atoms with Gasteiger partial charge < -0.3 is 16.0 Å². The molecule has 2 aromatic rings. The molecule has 35 heavy (non-hydrogen) atoms. The second kappa shape index (κ2) is 10.8. The smallest absolute Gasteiger partial charge is 0.262 e. The Labute approximate surface area is 213 Å². The zero-order valence-corrected chi connectivity index (χ0v) is 21.4. The van der Waals surface area contributed by atoms with E-state index in [-0.39, 0.29) is 30.7 Å². The Morgan fingerprint density at radius 3 is 2.66 bits per heavy atom. The predicted molar refractivity (Wildman–Crippen MR) is 134 cm³/mol. The molecule has 2 aliphatic rings. The van der Waals surface area contributed by atoms with Gasteiger partial charge >= 0.3 is 0 Å². The van der Waals surface area contributed by atoms with Gasteiger partial charge in [-0.3, -0.25) is 14.6 Å². The largest absolute Gasteiger partial charge is 0.376 e. The summed E-state index contributed by atoms with van der Waals surface area (Å²) in [4.78, 5) is 31.6. The van der Waals surface area contributed by atoms with E-state index in [1.807, 2.05) is 26.0 Å². The van der Waals surface area contributed by atoms with Crippen LogP contribution >= 0.6 is 22.9 Å². The fourth-order valence-corrected chi connectivity index (χ4v) is 5.84. The topological polar surface area (TPSA) is 83.1 Å². The molecule has 10 heteroatoms. The highest BCUT2D eigenvalue weighted by molar-refractivity contribution is 7.14. The van der Waals surface area contributed by atoms with E-state index in [0.29, 0.717) is 22.2 Å². The molecular weight excluding hydrogens is 494 g/mol. The number of rotatable bonds is 9. The van der Waals surface area contributed by atoms with E-state index < -0.39 is 18.0 Å². The molecule has 0 aliphatic heterocycles. The molecule has 0 saturated heterocycles. The van der Waals surface area contributed by atoms with Crippen LogP contribution in [0, 0.1) is 12.8 Å². The number of hydrogen-bond donors (Lipinski definition) is 3. The van der Waals surface area contributed by atoms with Crippen molar-refractivity contribution < 1.29 is 18.4 Å². The van der Waals surface area contributed by atoms with Crippen LogP contribution in [0.2, 0.25) is 5.02 Å². The maximum absolute atomic E-state index is 13.2. The molecule has 2 aliphatic carbocycles. The van der Waals surface area contributed by atoms with Crippen molar-refractivity contribution in [1.29, 1.82) is 0 Å². The molecule has 2 heterocycles. The molecule has 0 spiro atoms. The Balaban J connectivity index is 1.39. The van der Waals surface area contributed by atoms with Crippen molar-refractivity contribution in [3.8, 4) is 0 Å². The maximum atomic E-state index is 13.2. The number of carbonyl (C=O) groups is 2. The number of alkyl halides is 2. The van der Waals surface area contributed by atoms with E-state index in [0.717, 1.165) is 41.9 Å². The number of anilines is 1. The van der Waals surface area contributed by atoms with Crippen LogP contribution < -0.4 is 16.0 Å². The molecular formula is C25H31ClF2N4O2S. The predicted octanol–water partition coefficient (Wildman–Crippen LogP) is 5.87. The van der Waals surface area contributed by atoms with Gasteiger partial charge in [0, 0.05) is 30.0 Å². The van der Waals surface area contributed by atoms with E-state index in [2.05, 4.69) is 20.9 Å². The molecule has 6 nitrogen and oxygen atoms in total. The molecule has 0 bridgehead atoms. The first-order chi connectivity index (χ1) is 16.6. The summed E-state index contributed by atoms with van der Waals surface area (Å²) in [6.45, 7) is 3.87. The number of nitrogens with zero attached hydrogens (tertiary/aromatic N) is 1. The minimum Gasteiger partial charge on any atom is -0.376 e. The van der Waals surface area contributed by atoms with Gasteiger partial charge in [0.1, 0.15) is 6.04 Å². The normalized spacial score (nSPS) is 19.6. The lowest BCUT2D eigenvalue weighted by Gasteiger charge is -2.36. The zero-order valence-electron chi connectivity index (χ0n) is 19.9. The third-order valence-corrected chi connectivity index (χ3v) is 8.28. The van der Waals surface area contributed by atoms with Gasteiger partial charge in [-0.05, 0) is 44.4 Å². The molecule has 0 aromatic carbocycles. The number of amides is 2. The summed E-state index contributed by atoms with van der Waals surface area (Å²) < 4.78 is 26.4. The summed E-state index contributed by atoms with van der Waals surface area (Å²) >= 11 is 7.41. The van der Waals surface area contributed by atoms with Crippen LogP contribution in [0.15, 0.2) is 24.4 Å². The summed E-state index contributed by atoms with van der Waals surface area (Å²) in [6.07, 6.45) is 5.70. The number of aryl methyl sites for hydroxylation is 1. The van der Waals surface area contributed by atoms with Gasteiger partial charge in [-0.2, -0.15) is 0 Å². The van der Waals surface area contributed by atoms with Gasteiger partial charge in [0.15, 0.2) is 0 Å². The average molecular weight is 525 g/mol. The van der Waals surface area contributed by atoms with Crippen LogP contribution in [0.4, 0.5) is 14.5 Å². The number of pyridine rings is 1. The maximum Gasteiger partial charge on any atom is 0.262 e. The molecule has 2 fully saturated rings. The first-order valence-corrected chi connectivity index (χ1v) is 13.3. The van der Waals surface area contributed by atoms with Gasteiger partial charge in [-0.1, -0.05) is 37.3 Å². The van der Waals surface area contributed by atoms with Gasteiger partial charge in [0.2, 0.25) is 5.91 Å². The van der Waals surface area contributed by atoms with Crippen LogP contribution in [0.5, 0.6) is 0 Å². The molecule has 190 valence electrons. The number of thiophene rings is 1. The minimum atomic E-state index is -2.71. The Morgan fingerprint density at radius 2 is 1.97 bits per heavy atom. The minimum absolute atomic E-state index is 0.0848. The average Bonchev–Trinajstić information content (AvgIpc) is 3.46. The van der Waals surface area contributed by atoms with E-state index in [9.17, 15) is 18.4 Å². The zero-order chi connectivity index (χ0) is 25.2. The van der Waals surface area contributed by atoms with Crippen molar-refractivity contribution >= 4 is 40.4 Å².